The molecule has 0 saturated heterocycles. The fourth-order valence-corrected chi connectivity index (χ4v) is 3.39. The first kappa shape index (κ1) is 12.9. The first-order valence-corrected chi connectivity index (χ1v) is 6.72. The number of esters is 1. The second-order valence-electron chi connectivity index (χ2n) is 5.58. The zero-order chi connectivity index (χ0) is 14.3. The molecule has 1 aromatic rings. The van der Waals surface area contributed by atoms with Crippen LogP contribution in [0.15, 0.2) is 36.5 Å². The van der Waals surface area contributed by atoms with Crippen molar-refractivity contribution in [2.45, 2.75) is 31.2 Å². The number of hydrogen-bond donors (Lipinski definition) is 0. The predicted molar refractivity (Wildman–Crippen MR) is 75.5 cm³/mol. The number of methoxy groups -OCH3 is 1. The van der Waals surface area contributed by atoms with Gasteiger partial charge in [-0.1, -0.05) is 18.2 Å². The van der Waals surface area contributed by atoms with E-state index in [2.05, 4.69) is 4.90 Å². The van der Waals surface area contributed by atoms with Crippen LogP contribution in [0.3, 0.4) is 0 Å². The smallest absolute Gasteiger partial charge is 0.306 e. The lowest BCUT2D eigenvalue weighted by Gasteiger charge is -2.40. The average Bonchev–Trinajstić information content (AvgIpc) is 2.67. The molecule has 2 aliphatic heterocycles. The monoisotopic (exact) mass is 271 g/mol. The van der Waals surface area contributed by atoms with Crippen LogP contribution in [0.5, 0.6) is 0 Å². The van der Waals surface area contributed by atoms with Crippen molar-refractivity contribution in [2.24, 2.45) is 0 Å². The summed E-state index contributed by atoms with van der Waals surface area (Å²) in [4.78, 5) is 25.7. The highest BCUT2D eigenvalue weighted by molar-refractivity contribution is 5.94. The molecule has 2 heterocycles. The van der Waals surface area contributed by atoms with Crippen LogP contribution < -0.4 is 4.90 Å². The van der Waals surface area contributed by atoms with Gasteiger partial charge < -0.3 is 9.64 Å². The molecule has 0 aliphatic carbocycles. The van der Waals surface area contributed by atoms with E-state index in [4.69, 9.17) is 4.74 Å². The normalized spacial score (nSPS) is 27.2. The number of carbonyl (C=O) groups is 2. The Balaban J connectivity index is 2.09. The summed E-state index contributed by atoms with van der Waals surface area (Å²) in [5.41, 5.74) is 1.80. The van der Waals surface area contributed by atoms with Crippen molar-refractivity contribution in [1.82, 2.24) is 0 Å². The minimum atomic E-state index is -0.385. The van der Waals surface area contributed by atoms with Gasteiger partial charge in [0.05, 0.1) is 19.1 Å². The largest absolute Gasteiger partial charge is 0.469 e. The third-order valence-electron chi connectivity index (χ3n) is 4.41. The van der Waals surface area contributed by atoms with Crippen molar-refractivity contribution in [3.63, 3.8) is 0 Å². The highest BCUT2D eigenvalue weighted by Crippen LogP contribution is 2.52. The van der Waals surface area contributed by atoms with E-state index in [1.807, 2.05) is 37.4 Å². The summed E-state index contributed by atoms with van der Waals surface area (Å²) in [6, 6.07) is 8.01. The molecule has 0 bridgehead atoms. The fraction of sp³-hybridized carbons (Fsp3) is 0.375. The molecular formula is C16H17NO3. The standard InChI is InChI=1S/C16H17NO3/c1-16-10-11(18)7-8-17(16)14-6-4-3-5-12(14)13(16)9-15(19)20-2/h3-8,13H,9-10H2,1-2H3. The van der Waals surface area contributed by atoms with Crippen molar-refractivity contribution in [3.8, 4) is 0 Å². The number of rotatable bonds is 2. The number of para-hydroxylation sites is 1. The van der Waals surface area contributed by atoms with Gasteiger partial charge in [-0.05, 0) is 24.6 Å². The van der Waals surface area contributed by atoms with E-state index in [0.717, 1.165) is 11.3 Å². The van der Waals surface area contributed by atoms with E-state index in [-0.39, 0.29) is 23.2 Å². The summed E-state index contributed by atoms with van der Waals surface area (Å²) in [7, 11) is 1.40. The third-order valence-corrected chi connectivity index (χ3v) is 4.41. The summed E-state index contributed by atoms with van der Waals surface area (Å²) >= 11 is 0. The number of ether oxygens (including phenoxy) is 1. The zero-order valence-corrected chi connectivity index (χ0v) is 11.6. The number of fused-ring (bicyclic) bond motifs is 3. The summed E-state index contributed by atoms with van der Waals surface area (Å²) in [6.07, 6.45) is 4.16. The Morgan fingerprint density at radius 3 is 2.95 bits per heavy atom. The number of nitrogens with zero attached hydrogens (tertiary/aromatic N) is 1. The number of hydrogen-bond acceptors (Lipinski definition) is 4. The number of anilines is 1. The molecule has 3 rings (SSSR count). The highest BCUT2D eigenvalue weighted by atomic mass is 16.5. The Bertz CT molecular complexity index is 607. The van der Waals surface area contributed by atoms with Crippen LogP contribution in [0.25, 0.3) is 0 Å². The minimum Gasteiger partial charge on any atom is -0.469 e. The van der Waals surface area contributed by atoms with E-state index in [1.165, 1.54) is 7.11 Å². The second kappa shape index (κ2) is 4.47. The molecule has 2 atom stereocenters. The predicted octanol–water partition coefficient (Wildman–Crippen LogP) is 2.40. The van der Waals surface area contributed by atoms with E-state index >= 15 is 0 Å². The number of ketones is 1. The molecule has 0 N–H and O–H groups in total. The molecule has 20 heavy (non-hydrogen) atoms. The van der Waals surface area contributed by atoms with Gasteiger partial charge in [-0.15, -0.1) is 0 Å². The molecule has 0 aromatic heterocycles. The average molecular weight is 271 g/mol. The summed E-state index contributed by atoms with van der Waals surface area (Å²) in [5.74, 6) is -0.165. The van der Waals surface area contributed by atoms with Gasteiger partial charge in [0.25, 0.3) is 0 Å². The van der Waals surface area contributed by atoms with Crippen LogP contribution in [0.2, 0.25) is 0 Å². The van der Waals surface area contributed by atoms with E-state index in [0.29, 0.717) is 12.8 Å². The first-order chi connectivity index (χ1) is 9.56. The third kappa shape index (κ3) is 1.75. The number of carbonyl (C=O) groups excluding carboxylic acids is 2. The van der Waals surface area contributed by atoms with Gasteiger partial charge in [0.15, 0.2) is 5.78 Å². The number of allylic oxidation sites excluding steroid dienone is 1. The summed E-state index contributed by atoms with van der Waals surface area (Å²) in [6.45, 7) is 2.04. The van der Waals surface area contributed by atoms with E-state index < -0.39 is 0 Å². The molecular weight excluding hydrogens is 254 g/mol. The maximum Gasteiger partial charge on any atom is 0.306 e. The first-order valence-electron chi connectivity index (χ1n) is 6.72. The molecule has 4 heteroatoms. The van der Waals surface area contributed by atoms with Gasteiger partial charge >= 0.3 is 5.97 Å². The Morgan fingerprint density at radius 1 is 1.45 bits per heavy atom. The Labute approximate surface area is 118 Å². The molecule has 0 radical (unpaired) electrons. The zero-order valence-electron chi connectivity index (χ0n) is 11.6. The highest BCUT2D eigenvalue weighted by Gasteiger charge is 2.50. The SMILES string of the molecule is COC(=O)CC1c2ccccc2N2C=CC(=O)CC12C. The topological polar surface area (TPSA) is 46.6 Å². The molecule has 0 amide bonds. The van der Waals surface area contributed by atoms with E-state index in [9.17, 15) is 9.59 Å². The fourth-order valence-electron chi connectivity index (χ4n) is 3.39. The molecule has 2 aliphatic rings. The summed E-state index contributed by atoms with van der Waals surface area (Å²) < 4.78 is 4.82. The Kier molecular flexibility index (Phi) is 2.89. The molecule has 1 aromatic carbocycles. The molecule has 0 spiro atoms. The van der Waals surface area contributed by atoms with Gasteiger partial charge in [-0.25, -0.2) is 0 Å². The maximum atomic E-state index is 11.8. The lowest BCUT2D eigenvalue weighted by molar-refractivity contribution is -0.141. The maximum absolute atomic E-state index is 11.8. The van der Waals surface area contributed by atoms with Crippen molar-refractivity contribution in [3.05, 3.63) is 42.1 Å². The Hall–Kier alpha value is -2.10. The molecule has 0 saturated carbocycles. The van der Waals surface area contributed by atoms with Gasteiger partial charge in [0.1, 0.15) is 0 Å². The van der Waals surface area contributed by atoms with Crippen molar-refractivity contribution >= 4 is 17.4 Å². The number of benzene rings is 1. The van der Waals surface area contributed by atoms with Crippen molar-refractivity contribution < 1.29 is 14.3 Å². The molecule has 4 nitrogen and oxygen atoms in total. The summed E-state index contributed by atoms with van der Waals surface area (Å²) in [5, 5.41) is 0. The van der Waals surface area contributed by atoms with Gasteiger partial charge in [-0.2, -0.15) is 0 Å². The van der Waals surface area contributed by atoms with Crippen LogP contribution in [0.4, 0.5) is 5.69 Å². The van der Waals surface area contributed by atoms with E-state index in [1.54, 1.807) is 6.08 Å². The molecule has 0 fully saturated rings. The van der Waals surface area contributed by atoms with Crippen LogP contribution in [-0.2, 0) is 14.3 Å². The van der Waals surface area contributed by atoms with Crippen molar-refractivity contribution in [2.75, 3.05) is 12.0 Å². The van der Waals surface area contributed by atoms with Crippen LogP contribution in [0, 0.1) is 0 Å². The van der Waals surface area contributed by atoms with Gasteiger partial charge in [-0.3, -0.25) is 9.59 Å². The lowest BCUT2D eigenvalue weighted by atomic mass is 9.77. The van der Waals surface area contributed by atoms with Crippen LogP contribution in [0.1, 0.15) is 31.2 Å². The van der Waals surface area contributed by atoms with Crippen LogP contribution in [-0.4, -0.2) is 24.4 Å². The van der Waals surface area contributed by atoms with Gasteiger partial charge in [0.2, 0.25) is 0 Å². The molecule has 104 valence electrons. The lowest BCUT2D eigenvalue weighted by Crippen LogP contribution is -2.47. The minimum absolute atomic E-state index is 0.0277. The molecule has 2 unspecified atom stereocenters. The second-order valence-corrected chi connectivity index (χ2v) is 5.58. The van der Waals surface area contributed by atoms with Crippen LogP contribution >= 0.6 is 0 Å². The quantitative estimate of drug-likeness (QED) is 0.775. The van der Waals surface area contributed by atoms with Gasteiger partial charge in [0, 0.05) is 24.2 Å². The van der Waals surface area contributed by atoms with Crippen molar-refractivity contribution in [1.29, 1.82) is 0 Å². The Morgan fingerprint density at radius 2 is 2.20 bits per heavy atom.